The van der Waals surface area contributed by atoms with Crippen LogP contribution in [-0.4, -0.2) is 62.9 Å². The van der Waals surface area contributed by atoms with Gasteiger partial charge in [-0.25, -0.2) is 0 Å². The maximum atomic E-state index is 14.2. The first-order chi connectivity index (χ1) is 22.8. The molecule has 0 aromatic carbocycles. The molecule has 0 saturated carbocycles. The van der Waals surface area contributed by atoms with Gasteiger partial charge in [0.25, 0.3) is 0 Å². The number of unbranched alkanes of at least 4 members (excludes halogenated alkanes) is 9. The second kappa shape index (κ2) is 20.7. The number of esters is 1. The predicted molar refractivity (Wildman–Crippen MR) is 172 cm³/mol. The molecule has 0 saturated heterocycles. The van der Waals surface area contributed by atoms with Crippen LogP contribution in [0.15, 0.2) is 12.7 Å². The average Bonchev–Trinajstić information content (AvgIpc) is 3.01. The zero-order valence-electron chi connectivity index (χ0n) is 27.6. The molecule has 0 bridgehead atoms. The monoisotopic (exact) mass is 803 g/mol. The van der Waals surface area contributed by atoms with Gasteiger partial charge in [-0.15, -0.1) is 18.3 Å². The summed E-state index contributed by atoms with van der Waals surface area (Å²) >= 11 is 7.14. The van der Waals surface area contributed by atoms with Crippen LogP contribution in [0.4, 0.5) is 57.1 Å². The van der Waals surface area contributed by atoms with Crippen LogP contribution in [0.3, 0.4) is 0 Å². The topological polar surface area (TPSA) is 50.1 Å². The molecule has 0 aliphatic heterocycles. The molecule has 0 heterocycles. The lowest BCUT2D eigenvalue weighted by atomic mass is 9.82. The Bertz CT molecular complexity index is 1110. The third kappa shape index (κ3) is 13.5. The van der Waals surface area contributed by atoms with Crippen molar-refractivity contribution >= 4 is 45.2 Å². The second-order valence-electron chi connectivity index (χ2n) is 12.0. The molecule has 0 spiro atoms. The van der Waals surface area contributed by atoms with E-state index in [1.54, 1.807) is 0 Å². The molecule has 3 nitrogen and oxygen atoms in total. The van der Waals surface area contributed by atoms with Gasteiger partial charge in [0, 0.05) is 0 Å². The van der Waals surface area contributed by atoms with Gasteiger partial charge in [0.15, 0.2) is 0 Å². The Morgan fingerprint density at radius 1 is 0.800 bits per heavy atom. The Morgan fingerprint density at radius 2 is 1.28 bits per heavy atom. The largest absolute Gasteiger partial charge is 0.465 e. The minimum atomic E-state index is -8.02. The van der Waals surface area contributed by atoms with Crippen LogP contribution in [-0.2, 0) is 9.53 Å². The molecule has 0 aliphatic rings. The van der Waals surface area contributed by atoms with E-state index < -0.39 is 65.5 Å². The van der Waals surface area contributed by atoms with Crippen LogP contribution in [0.2, 0.25) is 0 Å². The average molecular weight is 804 g/mol. The first-order valence-corrected chi connectivity index (χ1v) is 18.1. The Labute approximate surface area is 297 Å². The third-order valence-electron chi connectivity index (χ3n) is 7.68. The van der Waals surface area contributed by atoms with Crippen molar-refractivity contribution in [1.82, 2.24) is 0 Å². The third-order valence-corrected chi connectivity index (χ3v) is 10.5. The maximum Gasteiger partial charge on any atom is 0.460 e. The molecule has 0 amide bonds. The van der Waals surface area contributed by atoms with Crippen molar-refractivity contribution in [2.24, 2.45) is 5.41 Å². The number of ether oxygens (including phenoxy) is 1. The summed E-state index contributed by atoms with van der Waals surface area (Å²) in [5.74, 6) is -38.5. The first kappa shape index (κ1) is 48.6. The van der Waals surface area contributed by atoms with Gasteiger partial charge in [0.2, 0.25) is 0 Å². The number of carbonyl (C=O) groups excluding carboxylic acids is 1. The van der Waals surface area contributed by atoms with E-state index in [9.17, 15) is 67.1 Å². The molecule has 0 radical (unpaired) electrons. The fourth-order valence-corrected chi connectivity index (χ4v) is 7.27. The summed E-state index contributed by atoms with van der Waals surface area (Å²) in [6.45, 7) is 5.22. The van der Waals surface area contributed by atoms with Gasteiger partial charge in [-0.3, -0.25) is 4.79 Å². The number of nitrogens with zero attached hydrogens (tertiary/aromatic N) is 1. The lowest BCUT2D eigenvalue weighted by molar-refractivity contribution is -0.440. The molecule has 0 aliphatic carbocycles. The van der Waals surface area contributed by atoms with Crippen LogP contribution in [0.5, 0.6) is 0 Å². The number of hydrogen-bond acceptors (Lipinski definition) is 6. The van der Waals surface area contributed by atoms with E-state index in [1.165, 1.54) is 32.3 Å². The van der Waals surface area contributed by atoms with Crippen molar-refractivity contribution < 1.29 is 66.6 Å². The summed E-state index contributed by atoms with van der Waals surface area (Å²) in [6.07, 6.45) is 2.14. The van der Waals surface area contributed by atoms with Gasteiger partial charge in [-0.2, -0.15) is 62.3 Å². The number of thiocarbonyl (C=S) groups is 1. The fraction of sp³-hybridized carbons (Fsp3) is 0.839. The quantitative estimate of drug-likeness (QED) is 0.0301. The number of thioether (sulfide) groups is 2. The summed E-state index contributed by atoms with van der Waals surface area (Å²) in [4.78, 5) is 12.9. The summed E-state index contributed by atoms with van der Waals surface area (Å²) in [5, 5.41) is 8.26. The standard InChI is InChI=1S/C31H42F13NO2S3/c1-4-6-8-9-10-11-12-13-14-15-19-49-24(48)50-22(20-25(3,21-45)16-7-5-2)23(46)47-18-17-26(32,33)27(34,35)28(36,37)29(38,39)30(40,41)31(42,43)44/h5,22H,2,4,6-20H2,1,3H3. The van der Waals surface area contributed by atoms with Crippen molar-refractivity contribution in [3.63, 3.8) is 0 Å². The minimum Gasteiger partial charge on any atom is -0.465 e. The van der Waals surface area contributed by atoms with Gasteiger partial charge in [0.05, 0.1) is 24.5 Å². The van der Waals surface area contributed by atoms with Gasteiger partial charge < -0.3 is 4.74 Å². The van der Waals surface area contributed by atoms with E-state index in [2.05, 4.69) is 18.2 Å². The zero-order chi connectivity index (χ0) is 39.1. The smallest absolute Gasteiger partial charge is 0.460 e. The highest BCUT2D eigenvalue weighted by Gasteiger charge is 2.90. The van der Waals surface area contributed by atoms with E-state index in [1.807, 2.05) is 6.07 Å². The van der Waals surface area contributed by atoms with Crippen LogP contribution in [0, 0.1) is 16.7 Å². The highest BCUT2D eigenvalue weighted by atomic mass is 32.2. The number of rotatable bonds is 25. The minimum absolute atomic E-state index is 0.145. The molecule has 0 rings (SSSR count). The van der Waals surface area contributed by atoms with E-state index in [0.29, 0.717) is 23.9 Å². The molecule has 0 fully saturated rings. The van der Waals surface area contributed by atoms with Gasteiger partial charge in [-0.1, -0.05) is 94.8 Å². The highest BCUT2D eigenvalue weighted by Crippen LogP contribution is 2.60. The molecular formula is C31H42F13NO2S3. The van der Waals surface area contributed by atoms with E-state index in [4.69, 9.17) is 12.2 Å². The number of alkyl halides is 13. The Balaban J connectivity index is 5.54. The first-order valence-electron chi connectivity index (χ1n) is 15.8. The Kier molecular flexibility index (Phi) is 20.1. The number of carbonyl (C=O) groups is 1. The van der Waals surface area contributed by atoms with Crippen molar-refractivity contribution in [3.05, 3.63) is 12.7 Å². The van der Waals surface area contributed by atoms with Crippen molar-refractivity contribution in [3.8, 4) is 6.07 Å². The number of hydrogen-bond donors (Lipinski definition) is 0. The second-order valence-corrected chi connectivity index (χ2v) is 15.5. The molecule has 292 valence electrons. The molecular weight excluding hydrogens is 762 g/mol. The summed E-state index contributed by atoms with van der Waals surface area (Å²) in [5.41, 5.74) is -1.27. The van der Waals surface area contributed by atoms with E-state index >= 15 is 0 Å². The van der Waals surface area contributed by atoms with Gasteiger partial charge in [-0.05, 0) is 38.4 Å². The molecule has 19 heteroatoms. The SMILES string of the molecule is C=CCCC(C)(C#N)CC(SC(=S)SCCCCCCCCCCCC)C(=O)OCCC(F)(F)C(F)(F)C(F)(F)C(F)(F)C(F)(F)C(F)(F)F. The van der Waals surface area contributed by atoms with Crippen molar-refractivity contribution in [1.29, 1.82) is 5.26 Å². The van der Waals surface area contributed by atoms with Crippen LogP contribution < -0.4 is 0 Å². The highest BCUT2D eigenvalue weighted by molar-refractivity contribution is 8.47. The van der Waals surface area contributed by atoms with Gasteiger partial charge >= 0.3 is 41.8 Å². The molecule has 50 heavy (non-hydrogen) atoms. The fourth-order valence-electron chi connectivity index (χ4n) is 4.43. The van der Waals surface area contributed by atoms with Crippen molar-refractivity contribution in [2.45, 2.75) is 145 Å². The number of nitriles is 1. The number of halogens is 13. The van der Waals surface area contributed by atoms with Crippen LogP contribution in [0.25, 0.3) is 0 Å². The summed E-state index contributed by atoms with van der Waals surface area (Å²) < 4.78 is 179. The molecule has 0 aromatic heterocycles. The normalized spacial score (nSPS) is 15.2. The van der Waals surface area contributed by atoms with Crippen LogP contribution >= 0.6 is 35.7 Å². The zero-order valence-corrected chi connectivity index (χ0v) is 30.0. The van der Waals surface area contributed by atoms with E-state index in [0.717, 1.165) is 56.7 Å². The molecule has 0 N–H and O–H groups in total. The van der Waals surface area contributed by atoms with Crippen molar-refractivity contribution in [2.75, 3.05) is 12.4 Å². The Hall–Kier alpha value is -1.42. The Morgan fingerprint density at radius 3 is 1.74 bits per heavy atom. The maximum absolute atomic E-state index is 14.2. The van der Waals surface area contributed by atoms with E-state index in [-0.39, 0.29) is 16.4 Å². The lowest BCUT2D eigenvalue weighted by Gasteiger charge is -2.39. The molecule has 2 unspecified atom stereocenters. The lowest BCUT2D eigenvalue weighted by Crippen LogP contribution is -2.70. The molecule has 0 aromatic rings. The summed E-state index contributed by atoms with van der Waals surface area (Å²) in [7, 11) is 0. The van der Waals surface area contributed by atoms with Gasteiger partial charge in [0.1, 0.15) is 8.78 Å². The number of allylic oxidation sites excluding steroid dienone is 1. The molecule has 2 atom stereocenters. The summed E-state index contributed by atoms with van der Waals surface area (Å²) in [6, 6.07) is 1.98. The predicted octanol–water partition coefficient (Wildman–Crippen LogP) is 12.6. The van der Waals surface area contributed by atoms with Crippen LogP contribution in [0.1, 0.15) is 104 Å².